The highest BCUT2D eigenvalue weighted by atomic mass is 32.1. The van der Waals surface area contributed by atoms with Gasteiger partial charge in [-0.2, -0.15) is 0 Å². The zero-order valence-electron chi connectivity index (χ0n) is 13.8. The SMILES string of the molecule is CCCCn1nc(-c2cccs2)nc1-c1coc2c(C)cccc12. The van der Waals surface area contributed by atoms with Gasteiger partial charge in [0.25, 0.3) is 0 Å². The minimum absolute atomic E-state index is 0.790. The van der Waals surface area contributed by atoms with Crippen molar-refractivity contribution >= 4 is 22.3 Å². The number of furan rings is 1. The number of hydrogen-bond acceptors (Lipinski definition) is 4. The van der Waals surface area contributed by atoms with Gasteiger partial charge in [-0.15, -0.1) is 16.4 Å². The van der Waals surface area contributed by atoms with Crippen molar-refractivity contribution in [3.05, 3.63) is 47.5 Å². The van der Waals surface area contributed by atoms with Crippen LogP contribution in [-0.2, 0) is 6.54 Å². The average Bonchev–Trinajstić information content (AvgIpc) is 3.31. The number of nitrogens with zero attached hydrogens (tertiary/aromatic N) is 3. The number of rotatable bonds is 5. The van der Waals surface area contributed by atoms with Gasteiger partial charge in [0.05, 0.1) is 10.4 Å². The molecule has 0 unspecified atom stereocenters. The van der Waals surface area contributed by atoms with Crippen molar-refractivity contribution in [1.82, 2.24) is 14.8 Å². The molecule has 24 heavy (non-hydrogen) atoms. The molecule has 5 heteroatoms. The highest BCUT2D eigenvalue weighted by molar-refractivity contribution is 7.13. The number of para-hydroxylation sites is 1. The van der Waals surface area contributed by atoms with E-state index >= 15 is 0 Å². The van der Waals surface area contributed by atoms with Gasteiger partial charge >= 0.3 is 0 Å². The van der Waals surface area contributed by atoms with E-state index in [1.54, 1.807) is 11.3 Å². The van der Waals surface area contributed by atoms with Crippen molar-refractivity contribution < 1.29 is 4.42 Å². The van der Waals surface area contributed by atoms with Gasteiger partial charge in [0.2, 0.25) is 0 Å². The molecule has 0 atom stereocenters. The molecule has 0 aliphatic heterocycles. The standard InChI is InChI=1S/C19H19N3OS/c1-3-4-10-22-19(20-18(21-22)16-9-6-11-24-16)15-12-23-17-13(2)7-5-8-14(15)17/h5-9,11-12H,3-4,10H2,1-2H3. The zero-order chi connectivity index (χ0) is 16.5. The number of unbranched alkanes of at least 4 members (excludes halogenated alkanes) is 1. The maximum Gasteiger partial charge on any atom is 0.191 e. The first-order valence-corrected chi connectivity index (χ1v) is 9.12. The van der Waals surface area contributed by atoms with Crippen LogP contribution in [0.5, 0.6) is 0 Å². The van der Waals surface area contributed by atoms with E-state index in [-0.39, 0.29) is 0 Å². The predicted molar refractivity (Wildman–Crippen MR) is 98.2 cm³/mol. The average molecular weight is 337 g/mol. The Bertz CT molecular complexity index is 966. The van der Waals surface area contributed by atoms with Crippen molar-refractivity contribution in [3.63, 3.8) is 0 Å². The van der Waals surface area contributed by atoms with Crippen molar-refractivity contribution in [2.45, 2.75) is 33.2 Å². The highest BCUT2D eigenvalue weighted by Gasteiger charge is 2.18. The van der Waals surface area contributed by atoms with Gasteiger partial charge in [-0.25, -0.2) is 9.67 Å². The third kappa shape index (κ3) is 2.55. The third-order valence-electron chi connectivity index (χ3n) is 4.17. The summed E-state index contributed by atoms with van der Waals surface area (Å²) in [5, 5.41) is 7.90. The lowest BCUT2D eigenvalue weighted by Crippen LogP contribution is -2.02. The minimum atomic E-state index is 0.790. The number of aromatic nitrogens is 3. The topological polar surface area (TPSA) is 43.9 Å². The van der Waals surface area contributed by atoms with Crippen LogP contribution >= 0.6 is 11.3 Å². The fraction of sp³-hybridized carbons (Fsp3) is 0.263. The van der Waals surface area contributed by atoms with Crippen molar-refractivity contribution in [2.24, 2.45) is 0 Å². The summed E-state index contributed by atoms with van der Waals surface area (Å²) >= 11 is 1.66. The Morgan fingerprint density at radius 3 is 2.92 bits per heavy atom. The molecule has 0 aliphatic rings. The quantitative estimate of drug-likeness (QED) is 0.481. The summed E-state index contributed by atoms with van der Waals surface area (Å²) in [7, 11) is 0. The second-order valence-corrected chi connectivity index (χ2v) is 6.86. The van der Waals surface area contributed by atoms with Gasteiger partial charge in [-0.3, -0.25) is 0 Å². The monoisotopic (exact) mass is 337 g/mol. The fourth-order valence-electron chi connectivity index (χ4n) is 2.89. The molecule has 0 saturated carbocycles. The maximum absolute atomic E-state index is 5.82. The van der Waals surface area contributed by atoms with Crippen LogP contribution in [0.25, 0.3) is 33.1 Å². The van der Waals surface area contributed by atoms with Crippen LogP contribution in [0, 0.1) is 6.92 Å². The van der Waals surface area contributed by atoms with Crippen molar-refractivity contribution in [2.75, 3.05) is 0 Å². The van der Waals surface area contributed by atoms with Crippen LogP contribution in [0.1, 0.15) is 25.3 Å². The van der Waals surface area contributed by atoms with Gasteiger partial charge in [-0.05, 0) is 30.4 Å². The Labute approximate surface area is 144 Å². The molecule has 0 bridgehead atoms. The largest absolute Gasteiger partial charge is 0.463 e. The van der Waals surface area contributed by atoms with E-state index in [9.17, 15) is 0 Å². The highest BCUT2D eigenvalue weighted by Crippen LogP contribution is 2.33. The van der Waals surface area contributed by atoms with E-state index < -0.39 is 0 Å². The number of fused-ring (bicyclic) bond motifs is 1. The number of thiophene rings is 1. The first kappa shape index (κ1) is 15.1. The van der Waals surface area contributed by atoms with Gasteiger partial charge in [0.15, 0.2) is 11.6 Å². The number of hydrogen-bond donors (Lipinski definition) is 0. The van der Waals surface area contributed by atoms with Crippen LogP contribution in [-0.4, -0.2) is 14.8 Å². The van der Waals surface area contributed by atoms with Crippen LogP contribution < -0.4 is 0 Å². The molecule has 4 aromatic rings. The third-order valence-corrected chi connectivity index (χ3v) is 5.04. The van der Waals surface area contributed by atoms with Crippen molar-refractivity contribution in [1.29, 1.82) is 0 Å². The molecule has 122 valence electrons. The Morgan fingerprint density at radius 2 is 2.12 bits per heavy atom. The molecule has 0 N–H and O–H groups in total. The van der Waals surface area contributed by atoms with E-state index in [4.69, 9.17) is 14.5 Å². The van der Waals surface area contributed by atoms with E-state index in [1.165, 1.54) is 0 Å². The van der Waals surface area contributed by atoms with Crippen LogP contribution in [0.3, 0.4) is 0 Å². The van der Waals surface area contributed by atoms with Crippen LogP contribution in [0.2, 0.25) is 0 Å². The molecule has 3 aromatic heterocycles. The Hall–Kier alpha value is -2.40. The lowest BCUT2D eigenvalue weighted by atomic mass is 10.1. The summed E-state index contributed by atoms with van der Waals surface area (Å²) in [4.78, 5) is 5.92. The minimum Gasteiger partial charge on any atom is -0.463 e. The molecular weight excluding hydrogens is 318 g/mol. The summed E-state index contributed by atoms with van der Waals surface area (Å²) in [6.07, 6.45) is 4.01. The van der Waals surface area contributed by atoms with Crippen LogP contribution in [0.15, 0.2) is 46.4 Å². The normalized spacial score (nSPS) is 11.4. The molecular formula is C19H19N3OS. The Kier molecular flexibility index (Phi) is 3.94. The number of benzene rings is 1. The first-order chi connectivity index (χ1) is 11.8. The molecule has 0 saturated heterocycles. The summed E-state index contributed by atoms with van der Waals surface area (Å²) in [6, 6.07) is 10.3. The molecule has 4 rings (SSSR count). The molecule has 0 spiro atoms. The van der Waals surface area contributed by atoms with Gasteiger partial charge in [0.1, 0.15) is 11.8 Å². The zero-order valence-corrected chi connectivity index (χ0v) is 14.6. The predicted octanol–water partition coefficient (Wildman–Crippen LogP) is 5.53. The van der Waals surface area contributed by atoms with Crippen LogP contribution in [0.4, 0.5) is 0 Å². The molecule has 4 nitrogen and oxygen atoms in total. The second kappa shape index (κ2) is 6.24. The summed E-state index contributed by atoms with van der Waals surface area (Å²) < 4.78 is 7.83. The van der Waals surface area contributed by atoms with E-state index in [1.807, 2.05) is 17.0 Å². The van der Waals surface area contributed by atoms with E-state index in [2.05, 4.69) is 43.5 Å². The maximum atomic E-state index is 5.82. The Balaban J connectivity index is 1.87. The molecule has 1 aromatic carbocycles. The lowest BCUT2D eigenvalue weighted by molar-refractivity contribution is 0.575. The van der Waals surface area contributed by atoms with E-state index in [0.29, 0.717) is 0 Å². The summed E-state index contributed by atoms with van der Waals surface area (Å²) in [6.45, 7) is 5.12. The van der Waals surface area contributed by atoms with Crippen molar-refractivity contribution in [3.8, 4) is 22.1 Å². The molecule has 0 amide bonds. The van der Waals surface area contributed by atoms with Gasteiger partial charge < -0.3 is 4.42 Å². The summed E-state index contributed by atoms with van der Waals surface area (Å²) in [5.41, 5.74) is 3.08. The van der Waals surface area contributed by atoms with Gasteiger partial charge in [0, 0.05) is 11.9 Å². The summed E-state index contributed by atoms with van der Waals surface area (Å²) in [5.74, 6) is 1.68. The first-order valence-electron chi connectivity index (χ1n) is 8.24. The smallest absolute Gasteiger partial charge is 0.191 e. The number of aryl methyl sites for hydroxylation is 2. The van der Waals surface area contributed by atoms with E-state index in [0.717, 1.165) is 58.0 Å². The molecule has 0 aliphatic carbocycles. The molecule has 0 fully saturated rings. The Morgan fingerprint density at radius 1 is 1.21 bits per heavy atom. The lowest BCUT2D eigenvalue weighted by Gasteiger charge is -2.03. The van der Waals surface area contributed by atoms with Gasteiger partial charge in [-0.1, -0.05) is 37.6 Å². The molecule has 3 heterocycles. The fourth-order valence-corrected chi connectivity index (χ4v) is 3.54. The second-order valence-electron chi connectivity index (χ2n) is 5.91. The molecule has 0 radical (unpaired) electrons.